The van der Waals surface area contributed by atoms with E-state index in [9.17, 15) is 9.59 Å². The summed E-state index contributed by atoms with van der Waals surface area (Å²) < 4.78 is 0. The van der Waals surface area contributed by atoms with Crippen LogP contribution in [-0.2, 0) is 0 Å². The van der Waals surface area contributed by atoms with Crippen LogP contribution in [0.15, 0.2) is 30.5 Å². The van der Waals surface area contributed by atoms with E-state index in [1.165, 1.54) is 6.07 Å². The Morgan fingerprint density at radius 3 is 2.41 bits per heavy atom. The number of hydrogen-bond acceptors (Lipinski definition) is 6. The molecule has 1 amide bonds. The molecule has 0 unspecified atom stereocenters. The molecule has 0 aliphatic carbocycles. The molecule has 3 heterocycles. The van der Waals surface area contributed by atoms with Gasteiger partial charge < -0.3 is 14.9 Å². The lowest BCUT2D eigenvalue weighted by Crippen LogP contribution is -2.48. The number of thiophene rings is 1. The van der Waals surface area contributed by atoms with Gasteiger partial charge in [-0.25, -0.2) is 4.79 Å². The lowest BCUT2D eigenvalue weighted by molar-refractivity contribution is 0.0701. The van der Waals surface area contributed by atoms with E-state index in [1.807, 2.05) is 12.1 Å². The molecule has 0 aromatic carbocycles. The Morgan fingerprint density at radius 2 is 1.82 bits per heavy atom. The van der Waals surface area contributed by atoms with E-state index in [1.54, 1.807) is 17.2 Å². The zero-order valence-corrected chi connectivity index (χ0v) is 12.5. The number of piperazine rings is 1. The summed E-state index contributed by atoms with van der Waals surface area (Å²) in [6.07, 6.45) is 1.63. The predicted molar refractivity (Wildman–Crippen MR) is 81.4 cm³/mol. The van der Waals surface area contributed by atoms with Gasteiger partial charge in [0, 0.05) is 32.4 Å². The van der Waals surface area contributed by atoms with Gasteiger partial charge in [0.1, 0.15) is 4.88 Å². The molecule has 2 aromatic rings. The van der Waals surface area contributed by atoms with Crippen molar-refractivity contribution in [3.63, 3.8) is 0 Å². The van der Waals surface area contributed by atoms with Crippen LogP contribution in [-0.4, -0.2) is 58.3 Å². The van der Waals surface area contributed by atoms with Crippen molar-refractivity contribution in [3.8, 4) is 0 Å². The maximum atomic E-state index is 12.4. The van der Waals surface area contributed by atoms with Gasteiger partial charge in [0.05, 0.1) is 4.88 Å². The van der Waals surface area contributed by atoms with Gasteiger partial charge in [-0.1, -0.05) is 0 Å². The van der Waals surface area contributed by atoms with Gasteiger partial charge in [-0.2, -0.15) is 5.10 Å². The van der Waals surface area contributed by atoms with Crippen molar-refractivity contribution < 1.29 is 14.7 Å². The number of carboxylic acids is 1. The van der Waals surface area contributed by atoms with Crippen LogP contribution in [0.3, 0.4) is 0 Å². The number of aromatic nitrogens is 2. The summed E-state index contributed by atoms with van der Waals surface area (Å²) in [5.74, 6) is -0.313. The molecule has 2 aromatic heterocycles. The fraction of sp³-hybridized carbons (Fsp3) is 0.286. The minimum atomic E-state index is -1.00. The summed E-state index contributed by atoms with van der Waals surface area (Å²) >= 11 is 1.01. The fourth-order valence-electron chi connectivity index (χ4n) is 2.32. The van der Waals surface area contributed by atoms with Crippen LogP contribution in [0.2, 0.25) is 0 Å². The first kappa shape index (κ1) is 14.5. The normalized spacial score (nSPS) is 14.9. The molecule has 7 nitrogen and oxygen atoms in total. The summed E-state index contributed by atoms with van der Waals surface area (Å²) in [5.41, 5.74) is 0. The van der Waals surface area contributed by atoms with Crippen LogP contribution in [0, 0.1) is 0 Å². The second-order valence-corrected chi connectivity index (χ2v) is 5.91. The van der Waals surface area contributed by atoms with Crippen LogP contribution in [0.4, 0.5) is 5.82 Å². The number of carbonyl (C=O) groups is 2. The van der Waals surface area contributed by atoms with E-state index >= 15 is 0 Å². The van der Waals surface area contributed by atoms with Crippen molar-refractivity contribution in [2.45, 2.75) is 0 Å². The zero-order valence-electron chi connectivity index (χ0n) is 11.7. The number of aromatic carboxylic acids is 1. The molecule has 0 radical (unpaired) electrons. The van der Waals surface area contributed by atoms with Crippen molar-refractivity contribution in [1.82, 2.24) is 15.1 Å². The molecule has 0 spiro atoms. The molecule has 1 N–H and O–H groups in total. The van der Waals surface area contributed by atoms with Crippen LogP contribution < -0.4 is 4.90 Å². The first-order chi connectivity index (χ1) is 10.6. The third-order valence-electron chi connectivity index (χ3n) is 3.48. The zero-order chi connectivity index (χ0) is 15.5. The van der Waals surface area contributed by atoms with Crippen LogP contribution in [0.5, 0.6) is 0 Å². The molecule has 0 saturated carbocycles. The Morgan fingerprint density at radius 1 is 1.09 bits per heavy atom. The Balaban J connectivity index is 1.63. The van der Waals surface area contributed by atoms with Gasteiger partial charge in [-0.15, -0.1) is 16.4 Å². The third-order valence-corrected chi connectivity index (χ3v) is 4.54. The molecule has 114 valence electrons. The van der Waals surface area contributed by atoms with E-state index < -0.39 is 5.97 Å². The number of rotatable bonds is 3. The highest BCUT2D eigenvalue weighted by Crippen LogP contribution is 2.20. The highest BCUT2D eigenvalue weighted by Gasteiger charge is 2.24. The minimum absolute atomic E-state index is 0.115. The third kappa shape index (κ3) is 2.91. The van der Waals surface area contributed by atoms with Crippen molar-refractivity contribution >= 4 is 29.0 Å². The molecule has 1 saturated heterocycles. The van der Waals surface area contributed by atoms with Crippen molar-refractivity contribution in [3.05, 3.63) is 40.2 Å². The van der Waals surface area contributed by atoms with E-state index in [0.717, 1.165) is 17.2 Å². The number of anilines is 1. The number of nitrogens with zero attached hydrogens (tertiary/aromatic N) is 4. The standard InChI is InChI=1S/C14H14N4O3S/c19-13(10-3-4-11(22-10)14(20)21)18-8-6-17(7-9-18)12-2-1-5-15-16-12/h1-5H,6-9H2,(H,20,21). The Hall–Kier alpha value is -2.48. The average molecular weight is 318 g/mol. The van der Waals surface area contributed by atoms with E-state index in [0.29, 0.717) is 31.1 Å². The highest BCUT2D eigenvalue weighted by molar-refractivity contribution is 7.15. The topological polar surface area (TPSA) is 86.6 Å². The largest absolute Gasteiger partial charge is 0.477 e. The predicted octanol–water partition coefficient (Wildman–Crippen LogP) is 1.20. The lowest BCUT2D eigenvalue weighted by Gasteiger charge is -2.34. The second kappa shape index (κ2) is 6.10. The molecular weight excluding hydrogens is 304 g/mol. The van der Waals surface area contributed by atoms with E-state index in [4.69, 9.17) is 5.11 Å². The second-order valence-electron chi connectivity index (χ2n) is 4.83. The molecule has 1 aliphatic heterocycles. The van der Waals surface area contributed by atoms with Gasteiger partial charge in [0.25, 0.3) is 5.91 Å². The molecule has 1 fully saturated rings. The van der Waals surface area contributed by atoms with Gasteiger partial charge in [0.2, 0.25) is 0 Å². The number of carbonyl (C=O) groups excluding carboxylic acids is 1. The monoisotopic (exact) mass is 318 g/mol. The molecular formula is C14H14N4O3S. The summed E-state index contributed by atoms with van der Waals surface area (Å²) in [7, 11) is 0. The number of carboxylic acid groups (broad SMARTS) is 1. The van der Waals surface area contributed by atoms with E-state index in [2.05, 4.69) is 15.1 Å². The molecule has 22 heavy (non-hydrogen) atoms. The van der Waals surface area contributed by atoms with Gasteiger partial charge in [0.15, 0.2) is 5.82 Å². The van der Waals surface area contributed by atoms with Crippen LogP contribution >= 0.6 is 11.3 Å². The van der Waals surface area contributed by atoms with Crippen molar-refractivity contribution in [2.75, 3.05) is 31.1 Å². The van der Waals surface area contributed by atoms with Crippen LogP contribution in [0.25, 0.3) is 0 Å². The molecule has 0 bridgehead atoms. The molecule has 1 aliphatic rings. The summed E-state index contributed by atoms with van der Waals surface area (Å²) in [4.78, 5) is 27.7. The van der Waals surface area contributed by atoms with Crippen LogP contribution in [0.1, 0.15) is 19.3 Å². The number of hydrogen-bond donors (Lipinski definition) is 1. The summed E-state index contributed by atoms with van der Waals surface area (Å²) in [6, 6.07) is 6.77. The smallest absolute Gasteiger partial charge is 0.345 e. The fourth-order valence-corrected chi connectivity index (χ4v) is 3.14. The summed E-state index contributed by atoms with van der Waals surface area (Å²) in [5, 5.41) is 16.8. The molecule has 0 atom stereocenters. The molecule has 3 rings (SSSR count). The highest BCUT2D eigenvalue weighted by atomic mass is 32.1. The summed E-state index contributed by atoms with van der Waals surface area (Å²) in [6.45, 7) is 2.52. The first-order valence-electron chi connectivity index (χ1n) is 6.80. The minimum Gasteiger partial charge on any atom is -0.477 e. The van der Waals surface area contributed by atoms with E-state index in [-0.39, 0.29) is 10.8 Å². The van der Waals surface area contributed by atoms with Crippen molar-refractivity contribution in [1.29, 1.82) is 0 Å². The SMILES string of the molecule is O=C(O)c1ccc(C(=O)N2CCN(c3cccnn3)CC2)s1. The van der Waals surface area contributed by atoms with Gasteiger partial charge >= 0.3 is 5.97 Å². The van der Waals surface area contributed by atoms with Gasteiger partial charge in [-0.3, -0.25) is 4.79 Å². The first-order valence-corrected chi connectivity index (χ1v) is 7.62. The average Bonchev–Trinajstić information content (AvgIpc) is 3.05. The quantitative estimate of drug-likeness (QED) is 0.915. The van der Waals surface area contributed by atoms with Gasteiger partial charge in [-0.05, 0) is 24.3 Å². The maximum absolute atomic E-state index is 12.4. The molecule has 8 heteroatoms. The maximum Gasteiger partial charge on any atom is 0.345 e. The lowest BCUT2D eigenvalue weighted by atomic mass is 10.3. The Bertz CT molecular complexity index is 680. The Labute approximate surface area is 130 Å². The Kier molecular flexibility index (Phi) is 4.01. The number of amides is 1. The van der Waals surface area contributed by atoms with Crippen molar-refractivity contribution in [2.24, 2.45) is 0 Å².